The number of rotatable bonds is 2. The highest BCUT2D eigenvalue weighted by atomic mass is 19.1. The molecule has 19 heavy (non-hydrogen) atoms. The number of hydrogen-bond donors (Lipinski definition) is 1. The van der Waals surface area contributed by atoms with Gasteiger partial charge in [0.15, 0.2) is 11.6 Å². The van der Waals surface area contributed by atoms with Crippen LogP contribution < -0.4 is 10.5 Å². The number of benzene rings is 1. The van der Waals surface area contributed by atoms with E-state index in [2.05, 4.69) is 0 Å². The molecule has 4 nitrogen and oxygen atoms in total. The quantitative estimate of drug-likeness (QED) is 0.885. The standard InChI is InChI=1S/C14H19FN2O2/c1-9-8-17(6-5-12(9)16)14(18)10-3-4-13(19-2)11(15)7-10/h3-4,7,9,12H,5-6,8,16H2,1-2H3. The fraction of sp³-hybridized carbons (Fsp3) is 0.500. The summed E-state index contributed by atoms with van der Waals surface area (Å²) in [6.07, 6.45) is 0.783. The summed E-state index contributed by atoms with van der Waals surface area (Å²) in [5.41, 5.74) is 6.27. The van der Waals surface area contributed by atoms with Crippen molar-refractivity contribution >= 4 is 5.91 Å². The van der Waals surface area contributed by atoms with Crippen LogP contribution in [0.1, 0.15) is 23.7 Å². The Hall–Kier alpha value is -1.62. The minimum atomic E-state index is -0.518. The summed E-state index contributed by atoms with van der Waals surface area (Å²) in [5.74, 6) is -0.262. The van der Waals surface area contributed by atoms with Gasteiger partial charge in [0.2, 0.25) is 0 Å². The van der Waals surface area contributed by atoms with Crippen molar-refractivity contribution in [3.8, 4) is 5.75 Å². The maximum Gasteiger partial charge on any atom is 0.253 e. The van der Waals surface area contributed by atoms with E-state index >= 15 is 0 Å². The van der Waals surface area contributed by atoms with Crippen LogP contribution in [0.25, 0.3) is 0 Å². The Bertz CT molecular complexity index is 479. The number of carbonyl (C=O) groups excluding carboxylic acids is 1. The third-order valence-electron chi connectivity index (χ3n) is 3.66. The van der Waals surface area contributed by atoms with Crippen LogP contribution in [0.5, 0.6) is 5.75 Å². The zero-order valence-electron chi connectivity index (χ0n) is 11.2. The molecule has 1 aliphatic rings. The van der Waals surface area contributed by atoms with Gasteiger partial charge in [-0.1, -0.05) is 6.92 Å². The van der Waals surface area contributed by atoms with E-state index in [0.29, 0.717) is 18.7 Å². The van der Waals surface area contributed by atoms with Gasteiger partial charge >= 0.3 is 0 Å². The first-order chi connectivity index (χ1) is 9.02. The Morgan fingerprint density at radius 2 is 2.26 bits per heavy atom. The van der Waals surface area contributed by atoms with E-state index in [1.165, 1.54) is 19.2 Å². The molecule has 1 aliphatic heterocycles. The third-order valence-corrected chi connectivity index (χ3v) is 3.66. The van der Waals surface area contributed by atoms with Crippen molar-refractivity contribution in [1.82, 2.24) is 4.90 Å². The fourth-order valence-corrected chi connectivity index (χ4v) is 2.33. The molecule has 0 spiro atoms. The summed E-state index contributed by atoms with van der Waals surface area (Å²) in [6, 6.07) is 4.42. The molecular formula is C14H19FN2O2. The minimum absolute atomic E-state index is 0.136. The molecule has 0 aromatic heterocycles. The van der Waals surface area contributed by atoms with Crippen molar-refractivity contribution in [1.29, 1.82) is 0 Å². The smallest absolute Gasteiger partial charge is 0.253 e. The number of ether oxygens (including phenoxy) is 1. The molecule has 0 aliphatic carbocycles. The van der Waals surface area contributed by atoms with Crippen LogP contribution in [0, 0.1) is 11.7 Å². The fourth-order valence-electron chi connectivity index (χ4n) is 2.33. The summed E-state index contributed by atoms with van der Waals surface area (Å²) in [5, 5.41) is 0. The van der Waals surface area contributed by atoms with Crippen molar-refractivity contribution < 1.29 is 13.9 Å². The topological polar surface area (TPSA) is 55.6 Å². The second-order valence-corrected chi connectivity index (χ2v) is 5.03. The van der Waals surface area contributed by atoms with Gasteiger partial charge in [-0.15, -0.1) is 0 Å². The Labute approximate surface area is 112 Å². The number of hydrogen-bond acceptors (Lipinski definition) is 3. The van der Waals surface area contributed by atoms with Crippen molar-refractivity contribution in [2.45, 2.75) is 19.4 Å². The highest BCUT2D eigenvalue weighted by Crippen LogP contribution is 2.21. The largest absolute Gasteiger partial charge is 0.494 e. The Morgan fingerprint density at radius 1 is 1.53 bits per heavy atom. The summed E-state index contributed by atoms with van der Waals surface area (Å²) in [6.45, 7) is 3.27. The van der Waals surface area contributed by atoms with Gasteiger partial charge in [-0.2, -0.15) is 0 Å². The highest BCUT2D eigenvalue weighted by Gasteiger charge is 2.27. The predicted octanol–water partition coefficient (Wildman–Crippen LogP) is 1.64. The first-order valence-electron chi connectivity index (χ1n) is 6.41. The molecule has 2 atom stereocenters. The van der Waals surface area contributed by atoms with E-state index < -0.39 is 5.82 Å². The molecule has 1 amide bonds. The van der Waals surface area contributed by atoms with Gasteiger partial charge in [0, 0.05) is 24.7 Å². The summed E-state index contributed by atoms with van der Waals surface area (Å²) < 4.78 is 18.4. The second kappa shape index (κ2) is 5.57. The zero-order chi connectivity index (χ0) is 14.0. The van der Waals surface area contributed by atoms with E-state index in [-0.39, 0.29) is 23.6 Å². The second-order valence-electron chi connectivity index (χ2n) is 5.03. The predicted molar refractivity (Wildman–Crippen MR) is 70.6 cm³/mol. The monoisotopic (exact) mass is 266 g/mol. The van der Waals surface area contributed by atoms with Crippen LogP contribution in [0.2, 0.25) is 0 Å². The van der Waals surface area contributed by atoms with Crippen LogP contribution in [0.4, 0.5) is 4.39 Å². The molecule has 2 N–H and O–H groups in total. The number of nitrogens with two attached hydrogens (primary N) is 1. The molecule has 1 aromatic carbocycles. The van der Waals surface area contributed by atoms with E-state index in [1.807, 2.05) is 6.92 Å². The van der Waals surface area contributed by atoms with Gasteiger partial charge in [-0.3, -0.25) is 4.79 Å². The van der Waals surface area contributed by atoms with Gasteiger partial charge in [-0.05, 0) is 30.5 Å². The molecule has 0 radical (unpaired) electrons. The first-order valence-corrected chi connectivity index (χ1v) is 6.41. The average molecular weight is 266 g/mol. The van der Waals surface area contributed by atoms with Crippen LogP contribution >= 0.6 is 0 Å². The molecule has 1 heterocycles. The van der Waals surface area contributed by atoms with Gasteiger partial charge < -0.3 is 15.4 Å². The van der Waals surface area contributed by atoms with Gasteiger partial charge in [0.05, 0.1) is 7.11 Å². The summed E-state index contributed by atoms with van der Waals surface area (Å²) >= 11 is 0. The molecular weight excluding hydrogens is 247 g/mol. The molecule has 1 aromatic rings. The van der Waals surface area contributed by atoms with Crippen molar-refractivity contribution in [2.75, 3.05) is 20.2 Å². The molecule has 5 heteroatoms. The first kappa shape index (κ1) is 13.8. The molecule has 1 fully saturated rings. The Kier molecular flexibility index (Phi) is 4.04. The lowest BCUT2D eigenvalue weighted by atomic mass is 9.94. The number of amides is 1. The SMILES string of the molecule is COc1ccc(C(=O)N2CCC(N)C(C)C2)cc1F. The van der Waals surface area contributed by atoms with Crippen LogP contribution in [-0.2, 0) is 0 Å². The zero-order valence-corrected chi connectivity index (χ0v) is 11.2. The van der Waals surface area contributed by atoms with Gasteiger partial charge in [0.25, 0.3) is 5.91 Å². The number of carbonyl (C=O) groups is 1. The van der Waals surface area contributed by atoms with Gasteiger partial charge in [-0.25, -0.2) is 4.39 Å². The maximum atomic E-state index is 13.6. The average Bonchev–Trinajstić information content (AvgIpc) is 2.41. The van der Waals surface area contributed by atoms with Gasteiger partial charge in [0.1, 0.15) is 0 Å². The lowest BCUT2D eigenvalue weighted by Gasteiger charge is -2.35. The summed E-state index contributed by atoms with van der Waals surface area (Å²) in [7, 11) is 1.40. The van der Waals surface area contributed by atoms with Crippen molar-refractivity contribution in [3.63, 3.8) is 0 Å². The molecule has 2 unspecified atom stereocenters. The normalized spacial score (nSPS) is 23.3. The number of likely N-dealkylation sites (tertiary alicyclic amines) is 1. The highest BCUT2D eigenvalue weighted by molar-refractivity contribution is 5.94. The van der Waals surface area contributed by atoms with E-state index in [4.69, 9.17) is 10.5 Å². The number of halogens is 1. The molecule has 104 valence electrons. The van der Waals surface area contributed by atoms with E-state index in [1.54, 1.807) is 11.0 Å². The Balaban J connectivity index is 2.13. The van der Waals surface area contributed by atoms with Crippen LogP contribution in [-0.4, -0.2) is 37.0 Å². The minimum Gasteiger partial charge on any atom is -0.494 e. The number of methoxy groups -OCH3 is 1. The lowest BCUT2D eigenvalue weighted by molar-refractivity contribution is 0.0663. The molecule has 1 saturated heterocycles. The maximum absolute atomic E-state index is 13.6. The number of nitrogens with zero attached hydrogens (tertiary/aromatic N) is 1. The van der Waals surface area contributed by atoms with Crippen molar-refractivity contribution in [3.05, 3.63) is 29.6 Å². The van der Waals surface area contributed by atoms with Crippen LogP contribution in [0.15, 0.2) is 18.2 Å². The molecule has 2 rings (SSSR count). The van der Waals surface area contributed by atoms with Crippen molar-refractivity contribution in [2.24, 2.45) is 11.7 Å². The molecule has 0 bridgehead atoms. The third kappa shape index (κ3) is 2.87. The molecule has 0 saturated carbocycles. The van der Waals surface area contributed by atoms with E-state index in [0.717, 1.165) is 6.42 Å². The van der Waals surface area contributed by atoms with E-state index in [9.17, 15) is 9.18 Å². The Morgan fingerprint density at radius 3 is 2.84 bits per heavy atom. The number of piperidine rings is 1. The lowest BCUT2D eigenvalue weighted by Crippen LogP contribution is -2.48. The van der Waals surface area contributed by atoms with Crippen LogP contribution in [0.3, 0.4) is 0 Å². The summed E-state index contributed by atoms with van der Waals surface area (Å²) in [4.78, 5) is 14.0.